The van der Waals surface area contributed by atoms with Crippen molar-refractivity contribution in [3.05, 3.63) is 0 Å². The van der Waals surface area contributed by atoms with Crippen LogP contribution in [0.5, 0.6) is 0 Å². The topological polar surface area (TPSA) is 87.7 Å². The summed E-state index contributed by atoms with van der Waals surface area (Å²) in [5.74, 6) is -1.57. The zero-order valence-corrected chi connectivity index (χ0v) is 9.53. The predicted molar refractivity (Wildman–Crippen MR) is 57.0 cm³/mol. The molecule has 0 spiro atoms. The summed E-state index contributed by atoms with van der Waals surface area (Å²) in [6, 6.07) is -0.850. The number of rotatable bonds is 5. The number of aliphatic carboxylic acids is 1. The highest BCUT2D eigenvalue weighted by atomic mass is 16.5. The number of carbonyl (C=O) groups is 2. The molecule has 0 aromatic carbocycles. The molecule has 6 nitrogen and oxygen atoms in total. The van der Waals surface area contributed by atoms with Gasteiger partial charge in [0.15, 0.2) is 0 Å². The number of hydrogen-bond acceptors (Lipinski definition) is 4. The third kappa shape index (κ3) is 2.93. The van der Waals surface area contributed by atoms with Gasteiger partial charge in [0.2, 0.25) is 5.91 Å². The van der Waals surface area contributed by atoms with Crippen molar-refractivity contribution in [2.75, 3.05) is 20.3 Å². The van der Waals surface area contributed by atoms with Crippen molar-refractivity contribution in [3.63, 3.8) is 0 Å². The van der Waals surface area contributed by atoms with Crippen molar-refractivity contribution in [3.8, 4) is 0 Å². The van der Waals surface area contributed by atoms with Gasteiger partial charge in [-0.25, -0.2) is 4.79 Å². The fraction of sp³-hybridized carbons (Fsp3) is 0.800. The molecule has 1 aliphatic rings. The third-order valence-corrected chi connectivity index (χ3v) is 2.81. The number of amides is 1. The van der Waals surface area contributed by atoms with Gasteiger partial charge in [0.1, 0.15) is 6.04 Å². The Morgan fingerprint density at radius 3 is 2.69 bits per heavy atom. The highest BCUT2D eigenvalue weighted by Crippen LogP contribution is 2.13. The van der Waals surface area contributed by atoms with E-state index in [2.05, 4.69) is 10.6 Å². The molecule has 3 N–H and O–H groups in total. The van der Waals surface area contributed by atoms with E-state index in [4.69, 9.17) is 9.84 Å². The minimum absolute atomic E-state index is 0.0358. The van der Waals surface area contributed by atoms with E-state index in [-0.39, 0.29) is 17.9 Å². The number of nitrogens with one attached hydrogen (secondary N) is 2. The monoisotopic (exact) mass is 230 g/mol. The van der Waals surface area contributed by atoms with Gasteiger partial charge in [-0.2, -0.15) is 0 Å². The van der Waals surface area contributed by atoms with Crippen LogP contribution in [-0.2, 0) is 14.3 Å². The standard InChI is InChI=1S/C10H18N2O4/c1-3-7(10(14)15)12-9(13)6-4-16-5-8(6)11-2/h6-8,11H,3-5H2,1-2H3,(H,12,13)(H,14,15)/t6?,7-,8?/m0/s1. The Balaban J connectivity index is 2.54. The molecule has 1 rings (SSSR count). The van der Waals surface area contributed by atoms with Crippen LogP contribution in [0.25, 0.3) is 0 Å². The van der Waals surface area contributed by atoms with E-state index in [9.17, 15) is 9.59 Å². The van der Waals surface area contributed by atoms with E-state index in [1.165, 1.54) is 0 Å². The van der Waals surface area contributed by atoms with Gasteiger partial charge in [-0.1, -0.05) is 6.92 Å². The lowest BCUT2D eigenvalue weighted by Gasteiger charge is -2.19. The zero-order valence-electron chi connectivity index (χ0n) is 9.53. The van der Waals surface area contributed by atoms with Gasteiger partial charge in [0, 0.05) is 6.04 Å². The molecule has 0 bridgehead atoms. The van der Waals surface area contributed by atoms with Gasteiger partial charge in [0.25, 0.3) is 0 Å². The summed E-state index contributed by atoms with van der Waals surface area (Å²) in [6.45, 7) is 2.55. The average molecular weight is 230 g/mol. The number of likely N-dealkylation sites (N-methyl/N-ethyl adjacent to an activating group) is 1. The lowest BCUT2D eigenvalue weighted by molar-refractivity contribution is -0.142. The van der Waals surface area contributed by atoms with Crippen molar-refractivity contribution in [2.45, 2.75) is 25.4 Å². The molecule has 1 saturated heterocycles. The van der Waals surface area contributed by atoms with Crippen LogP contribution in [0.4, 0.5) is 0 Å². The van der Waals surface area contributed by atoms with Crippen molar-refractivity contribution >= 4 is 11.9 Å². The van der Waals surface area contributed by atoms with Crippen LogP contribution in [0, 0.1) is 5.92 Å². The van der Waals surface area contributed by atoms with Gasteiger partial charge in [0.05, 0.1) is 19.1 Å². The fourth-order valence-electron chi connectivity index (χ4n) is 1.71. The molecule has 0 aromatic heterocycles. The Bertz CT molecular complexity index is 270. The second kappa shape index (κ2) is 5.81. The molecule has 3 atom stereocenters. The minimum atomic E-state index is -1.00. The maximum absolute atomic E-state index is 11.8. The number of hydrogen-bond donors (Lipinski definition) is 3. The first-order valence-electron chi connectivity index (χ1n) is 5.38. The first-order valence-corrected chi connectivity index (χ1v) is 5.38. The van der Waals surface area contributed by atoms with E-state index < -0.39 is 12.0 Å². The molecule has 1 amide bonds. The molecule has 1 aliphatic heterocycles. The summed E-state index contributed by atoms with van der Waals surface area (Å²) in [4.78, 5) is 22.6. The van der Waals surface area contributed by atoms with Gasteiger partial charge < -0.3 is 20.5 Å². The fourth-order valence-corrected chi connectivity index (χ4v) is 1.71. The number of carboxylic acids is 1. The Morgan fingerprint density at radius 2 is 2.19 bits per heavy atom. The quantitative estimate of drug-likeness (QED) is 0.575. The molecule has 1 fully saturated rings. The van der Waals surface area contributed by atoms with Crippen LogP contribution in [0.3, 0.4) is 0 Å². The van der Waals surface area contributed by atoms with Gasteiger partial charge in [-0.15, -0.1) is 0 Å². The second-order valence-corrected chi connectivity index (χ2v) is 3.85. The first kappa shape index (κ1) is 12.9. The van der Waals surface area contributed by atoms with Crippen LogP contribution in [-0.4, -0.2) is 49.3 Å². The van der Waals surface area contributed by atoms with Crippen LogP contribution in [0.2, 0.25) is 0 Å². The van der Waals surface area contributed by atoms with E-state index >= 15 is 0 Å². The predicted octanol–water partition coefficient (Wildman–Crippen LogP) is -0.800. The summed E-state index contributed by atoms with van der Waals surface area (Å²) in [7, 11) is 1.76. The Kier molecular flexibility index (Phi) is 4.70. The lowest BCUT2D eigenvalue weighted by Crippen LogP contribution is -2.48. The molecule has 6 heteroatoms. The molecule has 16 heavy (non-hydrogen) atoms. The molecular weight excluding hydrogens is 212 g/mol. The zero-order chi connectivity index (χ0) is 12.1. The minimum Gasteiger partial charge on any atom is -0.480 e. The van der Waals surface area contributed by atoms with Crippen LogP contribution in [0.15, 0.2) is 0 Å². The maximum Gasteiger partial charge on any atom is 0.326 e. The van der Waals surface area contributed by atoms with E-state index in [1.54, 1.807) is 14.0 Å². The summed E-state index contributed by atoms with van der Waals surface area (Å²) in [5.41, 5.74) is 0. The van der Waals surface area contributed by atoms with Crippen LogP contribution in [0.1, 0.15) is 13.3 Å². The largest absolute Gasteiger partial charge is 0.480 e. The SMILES string of the molecule is CC[C@H](NC(=O)C1COCC1NC)C(=O)O. The maximum atomic E-state index is 11.8. The summed E-state index contributed by atoms with van der Waals surface area (Å²) < 4.78 is 5.19. The summed E-state index contributed by atoms with van der Waals surface area (Å²) in [6.07, 6.45) is 0.374. The Hall–Kier alpha value is -1.14. The van der Waals surface area contributed by atoms with Crippen LogP contribution >= 0.6 is 0 Å². The molecule has 0 radical (unpaired) electrons. The molecule has 92 valence electrons. The second-order valence-electron chi connectivity index (χ2n) is 3.85. The smallest absolute Gasteiger partial charge is 0.326 e. The van der Waals surface area contributed by atoms with Gasteiger partial charge in [-0.05, 0) is 13.5 Å². The van der Waals surface area contributed by atoms with Crippen molar-refractivity contribution in [2.24, 2.45) is 5.92 Å². The number of carbonyl (C=O) groups excluding carboxylic acids is 1. The molecule has 0 aliphatic carbocycles. The summed E-state index contributed by atoms with van der Waals surface area (Å²) in [5, 5.41) is 14.3. The lowest BCUT2D eigenvalue weighted by atomic mass is 10.0. The highest BCUT2D eigenvalue weighted by molar-refractivity contribution is 5.85. The average Bonchev–Trinajstić information content (AvgIpc) is 2.72. The van der Waals surface area contributed by atoms with Crippen molar-refractivity contribution in [1.29, 1.82) is 0 Å². The van der Waals surface area contributed by atoms with Crippen molar-refractivity contribution in [1.82, 2.24) is 10.6 Å². The van der Waals surface area contributed by atoms with Gasteiger partial charge in [-0.3, -0.25) is 4.79 Å². The Morgan fingerprint density at radius 1 is 1.50 bits per heavy atom. The first-order chi connectivity index (χ1) is 7.60. The molecule has 0 aromatic rings. The number of carboxylic acid groups (broad SMARTS) is 1. The Labute approximate surface area is 94.3 Å². The van der Waals surface area contributed by atoms with E-state index in [0.717, 1.165) is 0 Å². The summed E-state index contributed by atoms with van der Waals surface area (Å²) >= 11 is 0. The molecular formula is C10H18N2O4. The van der Waals surface area contributed by atoms with E-state index in [0.29, 0.717) is 19.6 Å². The normalized spacial score (nSPS) is 26.4. The third-order valence-electron chi connectivity index (χ3n) is 2.81. The number of ether oxygens (including phenoxy) is 1. The van der Waals surface area contributed by atoms with Gasteiger partial charge >= 0.3 is 5.97 Å². The van der Waals surface area contributed by atoms with Crippen molar-refractivity contribution < 1.29 is 19.4 Å². The van der Waals surface area contributed by atoms with Crippen LogP contribution < -0.4 is 10.6 Å². The molecule has 1 heterocycles. The highest BCUT2D eigenvalue weighted by Gasteiger charge is 2.34. The molecule has 2 unspecified atom stereocenters. The molecule has 0 saturated carbocycles. The van der Waals surface area contributed by atoms with E-state index in [1.807, 2.05) is 0 Å².